The number of hydrogen-bond donors (Lipinski definition) is 1. The molecule has 19 heavy (non-hydrogen) atoms. The topological polar surface area (TPSA) is 33.7 Å². The molecule has 0 aromatic heterocycles. The van der Waals surface area contributed by atoms with Crippen molar-refractivity contribution >= 4 is 0 Å². The molecule has 0 saturated carbocycles. The van der Waals surface area contributed by atoms with Gasteiger partial charge in [0, 0.05) is 38.8 Å². The number of ether oxygens (including phenoxy) is 2. The van der Waals surface area contributed by atoms with E-state index in [0.717, 1.165) is 32.8 Å². The Morgan fingerprint density at radius 2 is 2.37 bits per heavy atom. The number of nitrogens with one attached hydrogen (secondary N) is 1. The van der Waals surface area contributed by atoms with E-state index < -0.39 is 0 Å². The minimum Gasteiger partial charge on any atom is -0.381 e. The van der Waals surface area contributed by atoms with Crippen molar-refractivity contribution in [2.45, 2.75) is 44.8 Å². The molecule has 2 rings (SSSR count). The quantitative estimate of drug-likeness (QED) is 0.793. The zero-order chi connectivity index (χ0) is 13.7. The first-order valence-electron chi connectivity index (χ1n) is 7.75. The summed E-state index contributed by atoms with van der Waals surface area (Å²) < 4.78 is 11.2. The van der Waals surface area contributed by atoms with Crippen molar-refractivity contribution in [2.24, 2.45) is 5.92 Å². The first-order valence-corrected chi connectivity index (χ1v) is 7.75. The lowest BCUT2D eigenvalue weighted by Crippen LogP contribution is -2.53. The Kier molecular flexibility index (Phi) is 5.63. The van der Waals surface area contributed by atoms with Gasteiger partial charge in [-0.15, -0.1) is 0 Å². The summed E-state index contributed by atoms with van der Waals surface area (Å²) in [4.78, 5) is 2.57. The summed E-state index contributed by atoms with van der Waals surface area (Å²) >= 11 is 0. The zero-order valence-electron chi connectivity index (χ0n) is 12.8. The summed E-state index contributed by atoms with van der Waals surface area (Å²) in [6.07, 6.45) is 3.62. The van der Waals surface area contributed by atoms with Gasteiger partial charge in [0.25, 0.3) is 0 Å². The molecular formula is C15H30N2O2. The second kappa shape index (κ2) is 7.02. The molecule has 4 nitrogen and oxygen atoms in total. The number of likely N-dealkylation sites (tertiary alicyclic amines) is 1. The average Bonchev–Trinajstić information content (AvgIpc) is 2.92. The van der Waals surface area contributed by atoms with Crippen molar-refractivity contribution in [1.82, 2.24) is 10.2 Å². The Labute approximate surface area is 117 Å². The smallest absolute Gasteiger partial charge is 0.0777 e. The molecule has 1 N–H and O–H groups in total. The Balaban J connectivity index is 1.89. The van der Waals surface area contributed by atoms with Crippen LogP contribution in [0, 0.1) is 5.92 Å². The number of rotatable bonds is 6. The summed E-state index contributed by atoms with van der Waals surface area (Å²) in [5.41, 5.74) is 0.0428. The third-order valence-corrected chi connectivity index (χ3v) is 4.69. The normalized spacial score (nSPS) is 34.6. The van der Waals surface area contributed by atoms with Crippen LogP contribution in [-0.2, 0) is 9.47 Å². The number of piperidine rings is 1. The molecule has 2 aliphatic rings. The highest BCUT2D eigenvalue weighted by molar-refractivity contribution is 4.88. The lowest BCUT2D eigenvalue weighted by atomic mass is 9.92. The van der Waals surface area contributed by atoms with Crippen LogP contribution in [0.25, 0.3) is 0 Å². The molecule has 0 spiro atoms. The standard InChI is InChI=1S/C15H30N2O2/c1-4-16-14(13-6-9-19-11-13)10-17-8-5-7-15(2,12-17)18-3/h13-14,16H,4-12H2,1-3H3. The van der Waals surface area contributed by atoms with Crippen molar-refractivity contribution in [3.8, 4) is 0 Å². The molecule has 4 heteroatoms. The number of methoxy groups -OCH3 is 1. The Morgan fingerprint density at radius 3 is 3.00 bits per heavy atom. The van der Waals surface area contributed by atoms with Crippen LogP contribution in [0.1, 0.15) is 33.1 Å². The first kappa shape index (κ1) is 15.2. The zero-order valence-corrected chi connectivity index (χ0v) is 12.8. The van der Waals surface area contributed by atoms with Crippen molar-refractivity contribution in [3.63, 3.8) is 0 Å². The van der Waals surface area contributed by atoms with Crippen LogP contribution >= 0.6 is 0 Å². The third kappa shape index (κ3) is 4.15. The van der Waals surface area contributed by atoms with Gasteiger partial charge < -0.3 is 14.8 Å². The highest BCUT2D eigenvalue weighted by Gasteiger charge is 2.33. The van der Waals surface area contributed by atoms with Crippen molar-refractivity contribution < 1.29 is 9.47 Å². The molecule has 0 aliphatic carbocycles. The van der Waals surface area contributed by atoms with Crippen LogP contribution in [0.5, 0.6) is 0 Å². The van der Waals surface area contributed by atoms with E-state index in [1.54, 1.807) is 0 Å². The lowest BCUT2D eigenvalue weighted by molar-refractivity contribution is -0.0535. The van der Waals surface area contributed by atoms with E-state index in [4.69, 9.17) is 9.47 Å². The van der Waals surface area contributed by atoms with Gasteiger partial charge in [0.15, 0.2) is 0 Å². The van der Waals surface area contributed by atoms with E-state index in [9.17, 15) is 0 Å². The molecular weight excluding hydrogens is 240 g/mol. The van der Waals surface area contributed by atoms with Crippen LogP contribution in [0.15, 0.2) is 0 Å². The van der Waals surface area contributed by atoms with Crippen molar-refractivity contribution in [2.75, 3.05) is 46.5 Å². The van der Waals surface area contributed by atoms with Crippen molar-refractivity contribution in [3.05, 3.63) is 0 Å². The van der Waals surface area contributed by atoms with Gasteiger partial charge in [-0.3, -0.25) is 4.90 Å². The van der Waals surface area contributed by atoms with Crippen LogP contribution < -0.4 is 5.32 Å². The molecule has 2 fully saturated rings. The third-order valence-electron chi connectivity index (χ3n) is 4.69. The predicted octanol–water partition coefficient (Wildman–Crippen LogP) is 1.50. The molecule has 0 radical (unpaired) electrons. The fourth-order valence-electron chi connectivity index (χ4n) is 3.42. The molecule has 2 saturated heterocycles. The fraction of sp³-hybridized carbons (Fsp3) is 1.00. The first-order chi connectivity index (χ1) is 9.17. The second-order valence-corrected chi connectivity index (χ2v) is 6.28. The van der Waals surface area contributed by atoms with Crippen LogP contribution in [0.4, 0.5) is 0 Å². The number of nitrogens with zero attached hydrogens (tertiary/aromatic N) is 1. The summed E-state index contributed by atoms with van der Waals surface area (Å²) in [6.45, 7) is 10.7. The van der Waals surface area contributed by atoms with Gasteiger partial charge in [-0.1, -0.05) is 6.92 Å². The highest BCUT2D eigenvalue weighted by atomic mass is 16.5. The van der Waals surface area contributed by atoms with Gasteiger partial charge in [-0.2, -0.15) is 0 Å². The fourth-order valence-corrected chi connectivity index (χ4v) is 3.42. The molecule has 0 aromatic carbocycles. The molecule has 0 amide bonds. The number of likely N-dealkylation sites (N-methyl/N-ethyl adjacent to an activating group) is 1. The van der Waals surface area contributed by atoms with Crippen LogP contribution in [-0.4, -0.2) is 63.0 Å². The van der Waals surface area contributed by atoms with Gasteiger partial charge in [0.2, 0.25) is 0 Å². The predicted molar refractivity (Wildman–Crippen MR) is 77.5 cm³/mol. The summed E-state index contributed by atoms with van der Waals surface area (Å²) in [7, 11) is 1.84. The molecule has 3 unspecified atom stereocenters. The van der Waals surface area contributed by atoms with E-state index in [-0.39, 0.29) is 5.60 Å². The maximum atomic E-state index is 5.69. The molecule has 112 valence electrons. The SMILES string of the molecule is CCNC(CN1CCCC(C)(OC)C1)C1CCOC1. The summed E-state index contributed by atoms with van der Waals surface area (Å²) in [5.74, 6) is 0.677. The second-order valence-electron chi connectivity index (χ2n) is 6.28. The van der Waals surface area contributed by atoms with Gasteiger partial charge in [0.05, 0.1) is 12.2 Å². The Morgan fingerprint density at radius 1 is 1.53 bits per heavy atom. The van der Waals surface area contributed by atoms with E-state index in [1.165, 1.54) is 25.8 Å². The largest absolute Gasteiger partial charge is 0.381 e. The molecule has 2 heterocycles. The van der Waals surface area contributed by atoms with Gasteiger partial charge in [-0.05, 0) is 39.3 Å². The van der Waals surface area contributed by atoms with Crippen LogP contribution in [0.3, 0.4) is 0 Å². The maximum absolute atomic E-state index is 5.69. The van der Waals surface area contributed by atoms with E-state index in [2.05, 4.69) is 24.1 Å². The molecule has 0 aromatic rings. The van der Waals surface area contributed by atoms with Gasteiger partial charge >= 0.3 is 0 Å². The summed E-state index contributed by atoms with van der Waals surface area (Å²) in [6, 6.07) is 0.562. The van der Waals surface area contributed by atoms with Crippen molar-refractivity contribution in [1.29, 1.82) is 0 Å². The highest BCUT2D eigenvalue weighted by Crippen LogP contribution is 2.25. The lowest BCUT2D eigenvalue weighted by Gasteiger charge is -2.41. The molecule has 2 aliphatic heterocycles. The number of hydrogen-bond acceptors (Lipinski definition) is 4. The minimum absolute atomic E-state index is 0.0428. The van der Waals surface area contributed by atoms with E-state index in [0.29, 0.717) is 12.0 Å². The van der Waals surface area contributed by atoms with E-state index in [1.807, 2.05) is 7.11 Å². The monoisotopic (exact) mass is 270 g/mol. The van der Waals surface area contributed by atoms with E-state index >= 15 is 0 Å². The minimum atomic E-state index is 0.0428. The van der Waals surface area contributed by atoms with Gasteiger partial charge in [-0.25, -0.2) is 0 Å². The average molecular weight is 270 g/mol. The van der Waals surface area contributed by atoms with Gasteiger partial charge in [0.1, 0.15) is 0 Å². The molecule has 3 atom stereocenters. The Hall–Kier alpha value is -0.160. The summed E-state index contributed by atoms with van der Waals surface area (Å²) in [5, 5.41) is 3.65. The maximum Gasteiger partial charge on any atom is 0.0777 e. The Bertz CT molecular complexity index is 269. The molecule has 0 bridgehead atoms. The van der Waals surface area contributed by atoms with Crippen LogP contribution in [0.2, 0.25) is 0 Å².